The van der Waals surface area contributed by atoms with Crippen LogP contribution < -0.4 is 27.9 Å². The second kappa shape index (κ2) is 45.3. The lowest BCUT2D eigenvalue weighted by atomic mass is 9.81. The first-order chi connectivity index (χ1) is 38.4. The van der Waals surface area contributed by atoms with Gasteiger partial charge in [0.1, 0.15) is 24.5 Å². The van der Waals surface area contributed by atoms with Crippen LogP contribution in [0, 0.1) is 0 Å². The Morgan fingerprint density at radius 3 is 1.59 bits per heavy atom. The van der Waals surface area contributed by atoms with Gasteiger partial charge in [-0.25, -0.2) is 10.6 Å². The van der Waals surface area contributed by atoms with Crippen molar-refractivity contribution in [1.29, 1.82) is 0 Å². The summed E-state index contributed by atoms with van der Waals surface area (Å²) in [5, 5.41) is 33.0. The number of thioether (sulfide) groups is 1. The lowest BCUT2D eigenvalue weighted by molar-refractivity contribution is -0.157. The Morgan fingerprint density at radius 1 is 0.650 bits per heavy atom. The van der Waals surface area contributed by atoms with E-state index in [4.69, 9.17) is 31.9 Å². The number of hydrazine groups is 1. The number of primary amides is 1. The number of esters is 2. The number of nitrogens with zero attached hydrogens (tertiary/aromatic N) is 1. The van der Waals surface area contributed by atoms with E-state index in [1.54, 1.807) is 0 Å². The molecule has 20 nitrogen and oxygen atoms in total. The summed E-state index contributed by atoms with van der Waals surface area (Å²) in [6, 6.07) is 2.38. The van der Waals surface area contributed by atoms with Crippen LogP contribution >= 0.6 is 11.8 Å². The highest BCUT2D eigenvalue weighted by Crippen LogP contribution is 2.26. The van der Waals surface area contributed by atoms with Crippen LogP contribution in [0.25, 0.3) is 0 Å². The molecule has 0 aliphatic rings. The summed E-state index contributed by atoms with van der Waals surface area (Å²) in [6.07, 6.45) is 26.4. The molecule has 0 radical (unpaired) electrons. The number of carboxylic acid groups (broad SMARTS) is 2. The molecular weight excluding hydrogens is 1050 g/mol. The molecule has 0 spiro atoms. The number of benzene rings is 1. The molecule has 0 fully saturated rings. The molecule has 0 saturated heterocycles. The molecule has 1 aromatic carbocycles. The Balaban J connectivity index is 3.11. The van der Waals surface area contributed by atoms with E-state index in [2.05, 4.69) is 24.5 Å². The molecule has 11 N–H and O–H groups in total. The second-order valence-corrected chi connectivity index (χ2v) is 22.3. The largest absolute Gasteiger partial charge is 0.508 e. The minimum atomic E-state index is -2.77. The molecule has 0 unspecified atom stereocenters. The number of carbonyl (C=O) groups is 9. The number of nitrogens with two attached hydrogens (primary N) is 3. The summed E-state index contributed by atoms with van der Waals surface area (Å²) in [7, 11) is 0. The predicted octanol–water partition coefficient (Wildman–Crippen LogP) is 8.63. The molecule has 0 heterocycles. The van der Waals surface area contributed by atoms with Crippen molar-refractivity contribution in [2.75, 3.05) is 24.7 Å². The number of hydrogen-bond acceptors (Lipinski definition) is 15. The van der Waals surface area contributed by atoms with Gasteiger partial charge in [-0.3, -0.25) is 43.4 Å². The van der Waals surface area contributed by atoms with E-state index < -0.39 is 116 Å². The first-order valence-electron chi connectivity index (χ1n) is 29.8. The Labute approximate surface area is 480 Å². The number of phenols is 1. The molecule has 0 saturated carbocycles. The SMILES string of the molecule is CCCCCCCCCCCCCCCC(=O)OC[C@H](CSCCC(=O)N(N)[C@@](CCC(N)=O)(C(=O)NCC(=O)N[C@H](CCC(=O)O)C(=O)O)C(=O)[C@@H](N)Cc1ccc(O)cc1)OC(=O)CCCCCCCCCCCCCCC. The van der Waals surface area contributed by atoms with Crippen molar-refractivity contribution in [3.8, 4) is 5.75 Å². The van der Waals surface area contributed by atoms with Gasteiger partial charge in [0.25, 0.3) is 5.91 Å². The van der Waals surface area contributed by atoms with Crippen molar-refractivity contribution in [3.05, 3.63) is 29.8 Å². The number of amides is 4. The van der Waals surface area contributed by atoms with E-state index >= 15 is 0 Å². The first kappa shape index (κ1) is 72.7. The molecule has 0 aliphatic carbocycles. The highest BCUT2D eigenvalue weighted by molar-refractivity contribution is 7.99. The van der Waals surface area contributed by atoms with Crippen molar-refractivity contribution in [1.82, 2.24) is 15.6 Å². The number of aromatic hydroxyl groups is 1. The third-order valence-electron chi connectivity index (χ3n) is 14.1. The van der Waals surface area contributed by atoms with Gasteiger partial charge in [-0.05, 0) is 49.8 Å². The summed E-state index contributed by atoms with van der Waals surface area (Å²) in [6.45, 7) is 3.25. The molecule has 0 aromatic heterocycles. The average Bonchev–Trinajstić information content (AvgIpc) is 3.58. The summed E-state index contributed by atoms with van der Waals surface area (Å²) >= 11 is 1.16. The maximum Gasteiger partial charge on any atom is 0.326 e. The highest BCUT2D eigenvalue weighted by atomic mass is 32.2. The van der Waals surface area contributed by atoms with Gasteiger partial charge < -0.3 is 46.9 Å². The Morgan fingerprint density at radius 2 is 1.12 bits per heavy atom. The van der Waals surface area contributed by atoms with Crippen LogP contribution in [0.4, 0.5) is 0 Å². The lowest BCUT2D eigenvalue weighted by Crippen LogP contribution is -2.71. The summed E-state index contributed by atoms with van der Waals surface area (Å²) in [5.74, 6) is -2.85. The lowest BCUT2D eigenvalue weighted by Gasteiger charge is -2.39. The number of ether oxygens (including phenoxy) is 2. The van der Waals surface area contributed by atoms with E-state index in [9.17, 15) is 53.4 Å². The fraction of sp³-hybridized carbons (Fsp3) is 0.746. The highest BCUT2D eigenvalue weighted by Gasteiger charge is 2.53. The third-order valence-corrected chi connectivity index (χ3v) is 15.2. The monoisotopic (exact) mass is 1150 g/mol. The minimum absolute atomic E-state index is 0.0110. The van der Waals surface area contributed by atoms with E-state index in [1.807, 2.05) is 0 Å². The van der Waals surface area contributed by atoms with Crippen molar-refractivity contribution in [2.24, 2.45) is 17.3 Å². The zero-order valence-electron chi connectivity index (χ0n) is 48.3. The van der Waals surface area contributed by atoms with E-state index in [-0.39, 0.29) is 43.1 Å². The predicted molar refractivity (Wildman–Crippen MR) is 310 cm³/mol. The van der Waals surface area contributed by atoms with Crippen LogP contribution in [0.15, 0.2) is 24.3 Å². The molecule has 4 amide bonds. The summed E-state index contributed by atoms with van der Waals surface area (Å²) in [5.41, 5.74) is 9.55. The van der Waals surface area contributed by atoms with Gasteiger partial charge in [-0.15, -0.1) is 0 Å². The Hall–Kier alpha value is -5.28. The molecule has 0 bridgehead atoms. The van der Waals surface area contributed by atoms with E-state index in [0.29, 0.717) is 23.4 Å². The third kappa shape index (κ3) is 34.1. The van der Waals surface area contributed by atoms with Crippen LogP contribution in [0.5, 0.6) is 5.75 Å². The zero-order valence-corrected chi connectivity index (χ0v) is 49.1. The van der Waals surface area contributed by atoms with E-state index in [0.717, 1.165) is 56.7 Å². The van der Waals surface area contributed by atoms with Crippen LogP contribution in [0.3, 0.4) is 0 Å². The minimum Gasteiger partial charge on any atom is -0.508 e. The molecule has 0 aliphatic heterocycles. The van der Waals surface area contributed by atoms with Gasteiger partial charge in [0.05, 0.1) is 12.6 Å². The van der Waals surface area contributed by atoms with Crippen molar-refractivity contribution in [3.63, 3.8) is 0 Å². The smallest absolute Gasteiger partial charge is 0.326 e. The second-order valence-electron chi connectivity index (χ2n) is 21.1. The molecule has 21 heteroatoms. The number of ketones is 1. The number of carbonyl (C=O) groups excluding carboxylic acids is 7. The number of rotatable bonds is 52. The molecule has 80 heavy (non-hydrogen) atoms. The van der Waals surface area contributed by atoms with E-state index in [1.165, 1.54) is 133 Å². The van der Waals surface area contributed by atoms with Gasteiger partial charge >= 0.3 is 23.9 Å². The van der Waals surface area contributed by atoms with Gasteiger partial charge in [0.15, 0.2) is 11.3 Å². The molecule has 456 valence electrons. The van der Waals surface area contributed by atoms with Gasteiger partial charge in [0.2, 0.25) is 17.7 Å². The van der Waals surface area contributed by atoms with Gasteiger partial charge in [-0.1, -0.05) is 180 Å². The quantitative estimate of drug-likeness (QED) is 0.00755. The summed E-state index contributed by atoms with van der Waals surface area (Å²) in [4.78, 5) is 117. The Bertz CT molecular complexity index is 1960. The number of hydrogen-bond donors (Lipinski definition) is 8. The molecule has 1 rings (SSSR count). The molecule has 1 aromatic rings. The van der Waals surface area contributed by atoms with Crippen LogP contribution in [0.2, 0.25) is 0 Å². The molecule has 4 atom stereocenters. The fourth-order valence-corrected chi connectivity index (χ4v) is 10.2. The molecular formula is C59H100N6O14S. The van der Waals surface area contributed by atoms with Crippen molar-refractivity contribution >= 4 is 65.1 Å². The number of phenolic OH excluding ortho intramolecular Hbond substituents is 1. The number of carboxylic acids is 2. The summed E-state index contributed by atoms with van der Waals surface area (Å²) < 4.78 is 11.4. The number of nitrogens with one attached hydrogen (secondary N) is 2. The fourth-order valence-electron chi connectivity index (χ4n) is 9.26. The maximum absolute atomic E-state index is 14.6. The van der Waals surface area contributed by atoms with Crippen LogP contribution in [0.1, 0.15) is 231 Å². The van der Waals surface area contributed by atoms with Crippen LogP contribution in [-0.2, 0) is 59.0 Å². The topological polar surface area (TPSA) is 338 Å². The number of aliphatic carboxylic acids is 2. The van der Waals surface area contributed by atoms with Gasteiger partial charge in [-0.2, -0.15) is 11.8 Å². The normalized spacial score (nSPS) is 13.1. The maximum atomic E-state index is 14.6. The zero-order chi connectivity index (χ0) is 59.4. The first-order valence-corrected chi connectivity index (χ1v) is 30.9. The van der Waals surface area contributed by atoms with Crippen molar-refractivity contribution in [2.45, 2.75) is 256 Å². The van der Waals surface area contributed by atoms with Gasteiger partial charge in [0, 0.05) is 43.6 Å². The Kier molecular flexibility index (Phi) is 41.2. The van der Waals surface area contributed by atoms with Crippen molar-refractivity contribution < 1.29 is 67.9 Å². The number of unbranched alkanes of at least 4 members (excludes halogenated alkanes) is 24. The number of Topliss-reactive ketones (excluding diaryl/α,β-unsaturated/α-hetero) is 1. The van der Waals surface area contributed by atoms with Crippen LogP contribution in [-0.4, -0.2) is 122 Å². The standard InChI is InChI=1S/C59H100N6O14S/c1-3-5-7-9-11-13-15-17-19-21-23-25-27-29-54(72)78-43-47(79-55(73)30-28-26-24-22-20-18-16-14-12-10-8-6-4-2)44-80-40-38-52(69)65(62)59(39-37-50(61)67,56(74)48(60)41-45-31-33-46(66)34-32-45)58(77)63-42-51(68)64-49(57(75)76)35-36-53(70)71/h31-34,47-49,66H,3-30,35-44,60,62H2,1-2H3,(H2,61,67)(H,63,77)(H,64,68)(H,70,71)(H,75,76)/t47-,48+,49-,59-/m1/s1. The average molecular weight is 1150 g/mol.